The molecule has 2 aromatic carbocycles. The number of nitrogens with one attached hydrogen (secondary N) is 2. The van der Waals surface area contributed by atoms with E-state index in [1.54, 1.807) is 0 Å². The van der Waals surface area contributed by atoms with Gasteiger partial charge in [0.05, 0.1) is 11.4 Å². The van der Waals surface area contributed by atoms with Crippen LogP contribution in [-0.4, -0.2) is 33.3 Å². The largest absolute Gasteiger partial charge is 0.573 e. The number of alkyl halides is 6. The predicted molar refractivity (Wildman–Crippen MR) is 111 cm³/mol. The molecule has 190 valence electrons. The van der Waals surface area contributed by atoms with Crippen LogP contribution in [0, 0.1) is 12.7 Å². The van der Waals surface area contributed by atoms with Crippen molar-refractivity contribution in [2.45, 2.75) is 25.4 Å². The normalized spacial score (nSPS) is 13.3. The molecule has 14 heteroatoms. The summed E-state index contributed by atoms with van der Waals surface area (Å²) in [5.74, 6) is -7.28. The quantitative estimate of drug-likeness (QED) is 0.268. The molecular formula is C22H14F7N3O4. The molecule has 0 aliphatic heterocycles. The van der Waals surface area contributed by atoms with E-state index in [9.17, 15) is 45.4 Å². The van der Waals surface area contributed by atoms with Gasteiger partial charge >= 0.3 is 18.5 Å². The third-order valence-electron chi connectivity index (χ3n) is 5.55. The molecule has 0 bridgehead atoms. The Hall–Kier alpha value is -4.23. The Morgan fingerprint density at radius 1 is 1.03 bits per heavy atom. The average Bonchev–Trinajstić information content (AvgIpc) is 3.30. The van der Waals surface area contributed by atoms with Crippen LogP contribution in [0.1, 0.15) is 38.8 Å². The Bertz CT molecular complexity index is 1530. The number of carboxylic acid groups (broad SMARTS) is 1. The molecule has 0 fully saturated rings. The van der Waals surface area contributed by atoms with Gasteiger partial charge in [-0.25, -0.2) is 9.18 Å². The number of hydrogen-bond donors (Lipinski definition) is 4. The maximum Gasteiger partial charge on any atom is 0.573 e. The standard InChI is InChI=1S/C22H14F7N3O4/c1-7-2-4-10(23)16-12(7)14(18(32-16)21(24,25)26)15(19(30)33)13-9-6-8(36-22(27,28)29)3-5-11(9)31-17(13)20(34)35/h2-6,15,31-32H,1H3,(H2,30,33)(H,34,35). The lowest BCUT2D eigenvalue weighted by molar-refractivity contribution is -0.274. The van der Waals surface area contributed by atoms with Gasteiger partial charge in [0.15, 0.2) is 0 Å². The molecule has 0 saturated heterocycles. The first-order chi connectivity index (χ1) is 16.6. The minimum Gasteiger partial charge on any atom is -0.477 e. The molecule has 0 saturated carbocycles. The summed E-state index contributed by atoms with van der Waals surface area (Å²) in [5, 5.41) is 8.97. The van der Waals surface area contributed by atoms with Gasteiger partial charge in [-0.2, -0.15) is 13.2 Å². The maximum atomic E-state index is 14.5. The van der Waals surface area contributed by atoms with Crippen LogP contribution in [0.3, 0.4) is 0 Å². The van der Waals surface area contributed by atoms with Gasteiger partial charge in [0.25, 0.3) is 0 Å². The first-order valence-electron chi connectivity index (χ1n) is 9.92. The molecule has 7 nitrogen and oxygen atoms in total. The molecule has 0 spiro atoms. The zero-order chi connectivity index (χ0) is 26.7. The van der Waals surface area contributed by atoms with E-state index in [0.29, 0.717) is 6.07 Å². The lowest BCUT2D eigenvalue weighted by Crippen LogP contribution is -2.26. The van der Waals surface area contributed by atoms with E-state index in [-0.39, 0.29) is 21.9 Å². The van der Waals surface area contributed by atoms with E-state index in [1.165, 1.54) is 6.92 Å². The minimum atomic E-state index is -5.18. The van der Waals surface area contributed by atoms with Gasteiger partial charge in [-0.05, 0) is 36.8 Å². The second-order valence-electron chi connectivity index (χ2n) is 7.84. The number of halogens is 7. The highest BCUT2D eigenvalue weighted by molar-refractivity contribution is 6.05. The Morgan fingerprint density at radius 2 is 1.69 bits per heavy atom. The van der Waals surface area contributed by atoms with Crippen LogP contribution in [0.4, 0.5) is 30.7 Å². The third kappa shape index (κ3) is 4.18. The van der Waals surface area contributed by atoms with Gasteiger partial charge in [0.2, 0.25) is 5.91 Å². The zero-order valence-corrected chi connectivity index (χ0v) is 17.9. The van der Waals surface area contributed by atoms with Crippen LogP contribution in [0.25, 0.3) is 21.8 Å². The van der Waals surface area contributed by atoms with E-state index < -0.39 is 69.9 Å². The molecule has 4 rings (SSSR count). The van der Waals surface area contributed by atoms with E-state index in [0.717, 1.165) is 24.3 Å². The molecule has 2 heterocycles. The fourth-order valence-electron chi connectivity index (χ4n) is 4.27. The molecular weight excluding hydrogens is 503 g/mol. The second-order valence-corrected chi connectivity index (χ2v) is 7.84. The van der Waals surface area contributed by atoms with Crippen molar-refractivity contribution in [3.05, 3.63) is 64.2 Å². The number of amides is 1. The van der Waals surface area contributed by atoms with Crippen LogP contribution in [0.5, 0.6) is 5.75 Å². The van der Waals surface area contributed by atoms with Gasteiger partial charge in [-0.15, -0.1) is 13.2 Å². The lowest BCUT2D eigenvalue weighted by atomic mass is 9.85. The van der Waals surface area contributed by atoms with Gasteiger partial charge in [0.1, 0.15) is 23.0 Å². The summed E-state index contributed by atoms with van der Waals surface area (Å²) in [5.41, 5.74) is 0.960. The molecule has 5 N–H and O–H groups in total. The number of carbonyl (C=O) groups excluding carboxylic acids is 1. The predicted octanol–water partition coefficient (Wildman–Crippen LogP) is 5.33. The third-order valence-corrected chi connectivity index (χ3v) is 5.55. The summed E-state index contributed by atoms with van der Waals surface area (Å²) in [6.07, 6.45) is -10.3. The number of ether oxygens (including phenoxy) is 1. The van der Waals surface area contributed by atoms with Crippen molar-refractivity contribution < 1.29 is 50.2 Å². The Balaban J connectivity index is 2.15. The molecule has 1 atom stereocenters. The Kier molecular flexibility index (Phi) is 5.65. The van der Waals surface area contributed by atoms with Crippen molar-refractivity contribution in [3.63, 3.8) is 0 Å². The monoisotopic (exact) mass is 517 g/mol. The molecule has 1 unspecified atom stereocenters. The molecule has 36 heavy (non-hydrogen) atoms. The van der Waals surface area contributed by atoms with E-state index >= 15 is 0 Å². The van der Waals surface area contributed by atoms with Gasteiger partial charge in [0, 0.05) is 27.4 Å². The summed E-state index contributed by atoms with van der Waals surface area (Å²) < 4.78 is 98.8. The van der Waals surface area contributed by atoms with Crippen LogP contribution in [0.2, 0.25) is 0 Å². The molecule has 0 radical (unpaired) electrons. The number of carbonyl (C=O) groups is 2. The number of nitrogens with two attached hydrogens (primary N) is 1. The number of primary amides is 1. The number of aromatic amines is 2. The van der Waals surface area contributed by atoms with Crippen molar-refractivity contribution in [3.8, 4) is 5.75 Å². The topological polar surface area (TPSA) is 121 Å². The molecule has 4 aromatic rings. The fraction of sp³-hybridized carbons (Fsp3) is 0.182. The van der Waals surface area contributed by atoms with Gasteiger partial charge in [-0.3, -0.25) is 4.79 Å². The number of fused-ring (bicyclic) bond motifs is 2. The first kappa shape index (κ1) is 24.9. The smallest absolute Gasteiger partial charge is 0.477 e. The summed E-state index contributed by atoms with van der Waals surface area (Å²) in [7, 11) is 0. The van der Waals surface area contributed by atoms with Crippen LogP contribution in [-0.2, 0) is 11.0 Å². The van der Waals surface area contributed by atoms with E-state index in [2.05, 4.69) is 9.72 Å². The second kappa shape index (κ2) is 8.17. The average molecular weight is 517 g/mol. The number of carboxylic acids is 1. The SMILES string of the molecule is Cc1ccc(F)c2[nH]c(C(F)(F)F)c(C(C(N)=O)c3c(C(=O)O)[nH]c4ccc(OC(F)(F)F)cc34)c12. The fourth-order valence-corrected chi connectivity index (χ4v) is 4.27. The van der Waals surface area contributed by atoms with Gasteiger partial charge < -0.3 is 25.5 Å². The number of aromatic nitrogens is 2. The minimum absolute atomic E-state index is 0.0946. The van der Waals surface area contributed by atoms with Crippen molar-refractivity contribution in [1.82, 2.24) is 9.97 Å². The van der Waals surface area contributed by atoms with Crippen molar-refractivity contribution in [2.24, 2.45) is 5.73 Å². The number of hydrogen-bond acceptors (Lipinski definition) is 3. The molecule has 2 aromatic heterocycles. The number of benzene rings is 2. The lowest BCUT2D eigenvalue weighted by Gasteiger charge is -2.18. The van der Waals surface area contributed by atoms with Crippen LogP contribution < -0.4 is 10.5 Å². The van der Waals surface area contributed by atoms with Crippen molar-refractivity contribution >= 4 is 33.7 Å². The van der Waals surface area contributed by atoms with Gasteiger partial charge in [-0.1, -0.05) is 6.07 Å². The highest BCUT2D eigenvalue weighted by Gasteiger charge is 2.43. The highest BCUT2D eigenvalue weighted by Crippen LogP contribution is 2.45. The summed E-state index contributed by atoms with van der Waals surface area (Å²) in [4.78, 5) is 28.9. The number of aryl methyl sites for hydroxylation is 1. The van der Waals surface area contributed by atoms with E-state index in [4.69, 9.17) is 5.73 Å². The van der Waals surface area contributed by atoms with E-state index in [1.807, 2.05) is 4.98 Å². The highest BCUT2D eigenvalue weighted by atomic mass is 19.4. The van der Waals surface area contributed by atoms with Crippen LogP contribution in [0.15, 0.2) is 30.3 Å². The number of H-pyrrole nitrogens is 2. The van der Waals surface area contributed by atoms with Crippen LogP contribution >= 0.6 is 0 Å². The first-order valence-corrected chi connectivity index (χ1v) is 9.92. The summed E-state index contributed by atoms with van der Waals surface area (Å²) in [6, 6.07) is 4.59. The number of rotatable bonds is 5. The summed E-state index contributed by atoms with van der Waals surface area (Å²) >= 11 is 0. The zero-order valence-electron chi connectivity index (χ0n) is 17.9. The Morgan fingerprint density at radius 3 is 2.25 bits per heavy atom. The van der Waals surface area contributed by atoms with Crippen molar-refractivity contribution in [2.75, 3.05) is 0 Å². The molecule has 0 aliphatic rings. The molecule has 1 amide bonds. The van der Waals surface area contributed by atoms with Crippen molar-refractivity contribution in [1.29, 1.82) is 0 Å². The summed E-state index contributed by atoms with van der Waals surface area (Å²) in [6.45, 7) is 1.33. The maximum absolute atomic E-state index is 14.5. The number of aromatic carboxylic acids is 1. The Labute approximate surface area is 195 Å². The molecule has 0 aliphatic carbocycles.